The highest BCUT2D eigenvalue weighted by Gasteiger charge is 2.54. The van der Waals surface area contributed by atoms with E-state index in [-0.39, 0.29) is 28.0 Å². The van der Waals surface area contributed by atoms with Gasteiger partial charge < -0.3 is 4.57 Å². The zero-order chi connectivity index (χ0) is 15.0. The summed E-state index contributed by atoms with van der Waals surface area (Å²) in [5, 5.41) is 0.0799. The number of thioether (sulfide) groups is 1. The topological polar surface area (TPSA) is 37.4 Å². The molecule has 0 saturated carbocycles. The smallest absolute Gasteiger partial charge is 0.217 e. The summed E-state index contributed by atoms with van der Waals surface area (Å²) >= 11 is 1.68. The molecule has 1 amide bonds. The Bertz CT molecular complexity index is 376. The van der Waals surface area contributed by atoms with E-state index in [1.165, 1.54) is 0 Å². The number of amides is 1. The third kappa shape index (κ3) is 3.07. The van der Waals surface area contributed by atoms with Gasteiger partial charge in [-0.05, 0) is 17.7 Å². The van der Waals surface area contributed by atoms with E-state index in [4.69, 9.17) is 0 Å². The zero-order valence-electron chi connectivity index (χ0n) is 13.2. The van der Waals surface area contributed by atoms with Crippen LogP contribution in [0, 0.1) is 0 Å². The minimum atomic E-state index is -1.87. The van der Waals surface area contributed by atoms with Crippen LogP contribution in [0.15, 0.2) is 0 Å². The van der Waals surface area contributed by atoms with Crippen molar-refractivity contribution in [3.63, 3.8) is 0 Å². The number of carbonyl (C=O) groups is 2. The van der Waals surface area contributed by atoms with Crippen LogP contribution < -0.4 is 0 Å². The van der Waals surface area contributed by atoms with Gasteiger partial charge in [0.05, 0.1) is 11.3 Å². The average Bonchev–Trinajstić information content (AvgIpc) is 2.20. The van der Waals surface area contributed by atoms with Gasteiger partial charge >= 0.3 is 0 Å². The average molecular weight is 302 g/mol. The second-order valence-electron chi connectivity index (χ2n) is 6.83. The van der Waals surface area contributed by atoms with E-state index in [9.17, 15) is 9.59 Å². The van der Waals surface area contributed by atoms with Crippen molar-refractivity contribution in [2.24, 2.45) is 0 Å². The van der Waals surface area contributed by atoms with Crippen molar-refractivity contribution in [3.8, 4) is 0 Å². The van der Waals surface area contributed by atoms with Crippen molar-refractivity contribution in [1.82, 2.24) is 4.57 Å². The summed E-state index contributed by atoms with van der Waals surface area (Å²) in [7, 11) is -1.87. The third-order valence-electron chi connectivity index (χ3n) is 4.52. The Morgan fingerprint density at radius 3 is 2.32 bits per heavy atom. The molecule has 1 fully saturated rings. The lowest BCUT2D eigenvalue weighted by Crippen LogP contribution is -2.71. The molecule has 0 N–H and O–H groups in total. The van der Waals surface area contributed by atoms with Crippen molar-refractivity contribution in [3.05, 3.63) is 0 Å². The van der Waals surface area contributed by atoms with E-state index in [0.29, 0.717) is 6.42 Å². The molecule has 0 aromatic heterocycles. The van der Waals surface area contributed by atoms with E-state index >= 15 is 0 Å². The molecule has 5 heteroatoms. The van der Waals surface area contributed by atoms with Crippen LogP contribution in [0.2, 0.25) is 18.1 Å². The van der Waals surface area contributed by atoms with Gasteiger partial charge in [-0.15, -0.1) is 11.8 Å². The van der Waals surface area contributed by atoms with E-state index in [2.05, 4.69) is 45.4 Å². The maximum Gasteiger partial charge on any atom is 0.217 e. The van der Waals surface area contributed by atoms with Gasteiger partial charge in [-0.25, -0.2) is 0 Å². The SMILES string of the molecule is CCSC(C(C)=O)C1CC(=O)N1[Si](C)(C)C(C)(C)C. The zero-order valence-corrected chi connectivity index (χ0v) is 15.1. The Labute approximate surface area is 122 Å². The maximum atomic E-state index is 12.1. The van der Waals surface area contributed by atoms with Crippen LogP contribution in [0.3, 0.4) is 0 Å². The largest absolute Gasteiger partial charge is 0.364 e. The first kappa shape index (κ1) is 16.8. The number of β-lactam (4-membered cyclic amide) rings is 1. The molecule has 3 nitrogen and oxygen atoms in total. The normalized spacial score (nSPS) is 22.2. The summed E-state index contributed by atoms with van der Waals surface area (Å²) in [5.41, 5.74) is 0. The number of Topliss-reactive ketones (excluding diaryl/α,β-unsaturated/α-hetero) is 1. The Hall–Kier alpha value is -0.293. The summed E-state index contributed by atoms with van der Waals surface area (Å²) in [5.74, 6) is 1.35. The molecule has 0 aliphatic carbocycles. The molecule has 2 unspecified atom stereocenters. The van der Waals surface area contributed by atoms with Crippen LogP contribution >= 0.6 is 11.8 Å². The Kier molecular flexibility index (Phi) is 4.94. The molecule has 1 heterocycles. The molecule has 0 spiro atoms. The summed E-state index contributed by atoms with van der Waals surface area (Å²) in [6.07, 6.45) is 0.545. The Morgan fingerprint density at radius 1 is 1.47 bits per heavy atom. The first-order chi connectivity index (χ1) is 8.54. The Morgan fingerprint density at radius 2 is 2.00 bits per heavy atom. The van der Waals surface area contributed by atoms with Crippen LogP contribution in [-0.4, -0.2) is 41.5 Å². The fourth-order valence-corrected chi connectivity index (χ4v) is 6.10. The molecule has 0 radical (unpaired) electrons. The minimum absolute atomic E-state index is 0.0446. The minimum Gasteiger partial charge on any atom is -0.364 e. The van der Waals surface area contributed by atoms with Crippen molar-refractivity contribution >= 4 is 31.7 Å². The highest BCUT2D eigenvalue weighted by atomic mass is 32.2. The second-order valence-corrected chi connectivity index (χ2v) is 13.3. The van der Waals surface area contributed by atoms with E-state index < -0.39 is 8.24 Å². The highest BCUT2D eigenvalue weighted by molar-refractivity contribution is 8.00. The van der Waals surface area contributed by atoms with Gasteiger partial charge in [-0.2, -0.15) is 0 Å². The summed E-state index contributed by atoms with van der Waals surface area (Å²) < 4.78 is 2.09. The van der Waals surface area contributed by atoms with Crippen LogP contribution in [-0.2, 0) is 9.59 Å². The van der Waals surface area contributed by atoms with E-state index in [1.54, 1.807) is 18.7 Å². The lowest BCUT2D eigenvalue weighted by molar-refractivity contribution is -0.139. The third-order valence-corrected chi connectivity index (χ3v) is 11.3. The second kappa shape index (κ2) is 5.60. The van der Waals surface area contributed by atoms with Crippen LogP contribution in [0.5, 0.6) is 0 Å². The lowest BCUT2D eigenvalue weighted by Gasteiger charge is -2.56. The molecule has 1 aliphatic rings. The van der Waals surface area contributed by atoms with Gasteiger partial charge in [-0.3, -0.25) is 9.59 Å². The number of rotatable bonds is 5. The van der Waals surface area contributed by atoms with Gasteiger partial charge in [0.2, 0.25) is 5.91 Å². The van der Waals surface area contributed by atoms with Gasteiger partial charge in [0, 0.05) is 6.42 Å². The van der Waals surface area contributed by atoms with Crippen molar-refractivity contribution < 1.29 is 9.59 Å². The number of ketones is 1. The highest BCUT2D eigenvalue weighted by Crippen LogP contribution is 2.44. The number of nitrogens with zero attached hydrogens (tertiary/aromatic N) is 1. The quantitative estimate of drug-likeness (QED) is 0.577. The van der Waals surface area contributed by atoms with Gasteiger partial charge in [-0.1, -0.05) is 40.8 Å². The predicted molar refractivity (Wildman–Crippen MR) is 85.0 cm³/mol. The number of hydrogen-bond donors (Lipinski definition) is 0. The summed E-state index contributed by atoms with van der Waals surface area (Å²) in [6, 6.07) is 0.121. The molecule has 2 atom stereocenters. The van der Waals surface area contributed by atoms with Crippen LogP contribution in [0.25, 0.3) is 0 Å². The molecular formula is C14H27NO2SSi. The van der Waals surface area contributed by atoms with Crippen LogP contribution in [0.4, 0.5) is 0 Å². The molecule has 1 saturated heterocycles. The molecule has 1 aliphatic heterocycles. The molecule has 0 bridgehead atoms. The summed E-state index contributed by atoms with van der Waals surface area (Å²) in [6.45, 7) is 14.8. The fraction of sp³-hybridized carbons (Fsp3) is 0.857. The molecule has 19 heavy (non-hydrogen) atoms. The molecule has 110 valence electrons. The van der Waals surface area contributed by atoms with Crippen molar-refractivity contribution in [1.29, 1.82) is 0 Å². The number of carbonyl (C=O) groups excluding carboxylic acids is 2. The van der Waals surface area contributed by atoms with Gasteiger partial charge in [0.15, 0.2) is 8.24 Å². The monoisotopic (exact) mass is 301 g/mol. The first-order valence-electron chi connectivity index (χ1n) is 6.98. The van der Waals surface area contributed by atoms with E-state index in [1.807, 2.05) is 0 Å². The fourth-order valence-electron chi connectivity index (χ4n) is 2.45. The van der Waals surface area contributed by atoms with Crippen molar-refractivity contribution in [2.75, 3.05) is 5.75 Å². The Balaban J connectivity index is 3.00. The first-order valence-corrected chi connectivity index (χ1v) is 11.0. The van der Waals surface area contributed by atoms with Crippen LogP contribution in [0.1, 0.15) is 41.0 Å². The van der Waals surface area contributed by atoms with E-state index in [0.717, 1.165) is 5.75 Å². The maximum absolute atomic E-state index is 12.1. The van der Waals surface area contributed by atoms with Gasteiger partial charge in [0.25, 0.3) is 0 Å². The number of hydrogen-bond acceptors (Lipinski definition) is 3. The van der Waals surface area contributed by atoms with Crippen molar-refractivity contribution in [2.45, 2.75) is 70.5 Å². The van der Waals surface area contributed by atoms with Gasteiger partial charge in [0.1, 0.15) is 5.78 Å². The predicted octanol–water partition coefficient (Wildman–Crippen LogP) is 3.30. The molecular weight excluding hydrogens is 274 g/mol. The molecule has 0 aromatic rings. The summed E-state index contributed by atoms with van der Waals surface area (Å²) in [4.78, 5) is 24.0. The lowest BCUT2D eigenvalue weighted by atomic mass is 10.00. The molecule has 0 aromatic carbocycles. The molecule has 1 rings (SSSR count). The standard InChI is InChI=1S/C14H27NO2SSi/c1-8-18-13(10(2)16)11-9-12(17)15(11)19(6,7)14(3,4)5/h11,13H,8-9H2,1-7H3.